The summed E-state index contributed by atoms with van der Waals surface area (Å²) in [4.78, 5) is 16.4. The quantitative estimate of drug-likeness (QED) is 0.793. The third kappa shape index (κ3) is 2.68. The Hall–Kier alpha value is -2.39. The van der Waals surface area contributed by atoms with E-state index in [0.29, 0.717) is 5.69 Å². The number of benzene rings is 1. The Balaban J connectivity index is 1.51. The van der Waals surface area contributed by atoms with Gasteiger partial charge in [0.15, 0.2) is 5.69 Å². The summed E-state index contributed by atoms with van der Waals surface area (Å²) in [6.07, 6.45) is 0.299. The molecule has 1 aliphatic heterocycles. The summed E-state index contributed by atoms with van der Waals surface area (Å²) >= 11 is 1.50. The van der Waals surface area contributed by atoms with Crippen molar-refractivity contribution in [2.45, 2.75) is 12.2 Å². The van der Waals surface area contributed by atoms with Gasteiger partial charge in [0, 0.05) is 5.69 Å². The Morgan fingerprint density at radius 3 is 3.17 bits per heavy atom. The summed E-state index contributed by atoms with van der Waals surface area (Å²) in [5, 5.41) is 10.4. The van der Waals surface area contributed by atoms with Gasteiger partial charge in [-0.2, -0.15) is 0 Å². The van der Waals surface area contributed by atoms with E-state index in [1.165, 1.54) is 22.2 Å². The number of carbonyl (C=O) groups is 1. The number of anilines is 1. The van der Waals surface area contributed by atoms with Crippen molar-refractivity contribution in [3.8, 4) is 0 Å². The van der Waals surface area contributed by atoms with Gasteiger partial charge in [-0.1, -0.05) is 5.21 Å². The minimum Gasteiger partial charge on any atom is -0.376 e. The minimum atomic E-state index is -1.14. The number of halogens is 1. The van der Waals surface area contributed by atoms with Gasteiger partial charge >= 0.3 is 0 Å². The highest BCUT2D eigenvalue weighted by atomic mass is 32.1. The largest absolute Gasteiger partial charge is 0.376 e. The molecule has 1 N–H and O–H groups in total. The summed E-state index contributed by atoms with van der Waals surface area (Å²) in [5.41, 5.74) is 3.41. The molecule has 0 aliphatic carbocycles. The first kappa shape index (κ1) is 14.2. The average Bonchev–Trinajstić information content (AvgIpc) is 3.25. The van der Waals surface area contributed by atoms with Crippen LogP contribution < -0.4 is 5.32 Å². The molecule has 9 heteroatoms. The lowest BCUT2D eigenvalue weighted by atomic mass is 10.2. The van der Waals surface area contributed by atoms with Crippen molar-refractivity contribution in [1.82, 2.24) is 20.0 Å². The SMILES string of the molecule is O=C(Nc1ccc2ncsc2c1)c1cn([C@H]2COC[C@H]2F)nn1. The molecule has 1 aliphatic rings. The summed E-state index contributed by atoms with van der Waals surface area (Å²) in [6, 6.07) is 4.92. The summed E-state index contributed by atoms with van der Waals surface area (Å²) in [5.74, 6) is -0.394. The molecule has 1 amide bonds. The molecule has 2 atom stereocenters. The van der Waals surface area contributed by atoms with E-state index in [0.717, 1.165) is 10.2 Å². The fraction of sp³-hybridized carbons (Fsp3) is 0.286. The third-order valence-electron chi connectivity index (χ3n) is 3.66. The zero-order chi connectivity index (χ0) is 15.8. The number of fused-ring (bicyclic) bond motifs is 1. The van der Waals surface area contributed by atoms with Crippen molar-refractivity contribution in [3.05, 3.63) is 35.6 Å². The van der Waals surface area contributed by atoms with Crippen molar-refractivity contribution >= 4 is 33.1 Å². The predicted octanol–water partition coefficient (Wildman–Crippen LogP) is 2.05. The monoisotopic (exact) mass is 333 g/mol. The summed E-state index contributed by atoms with van der Waals surface area (Å²) in [6.45, 7) is 0.272. The number of nitrogens with one attached hydrogen (secondary N) is 1. The first-order valence-electron chi connectivity index (χ1n) is 6.99. The van der Waals surface area contributed by atoms with E-state index in [1.807, 2.05) is 12.1 Å². The standard InChI is InChI=1S/C14H12FN5O2S/c15-9-5-22-6-12(9)20-4-11(18-19-20)14(21)17-8-1-2-10-13(3-8)23-7-16-10/h1-4,7,9,12H,5-6H2,(H,17,21)/t9-,12+/m1/s1. The zero-order valence-corrected chi connectivity index (χ0v) is 12.7. The minimum absolute atomic E-state index is 0.0426. The number of thiazole rings is 1. The van der Waals surface area contributed by atoms with E-state index in [4.69, 9.17) is 4.74 Å². The van der Waals surface area contributed by atoms with Crippen LogP contribution >= 0.6 is 11.3 Å². The number of rotatable bonds is 3. The Morgan fingerprint density at radius 1 is 1.43 bits per heavy atom. The van der Waals surface area contributed by atoms with Gasteiger partial charge in [-0.15, -0.1) is 16.4 Å². The van der Waals surface area contributed by atoms with Gasteiger partial charge in [-0.05, 0) is 18.2 Å². The topological polar surface area (TPSA) is 81.9 Å². The van der Waals surface area contributed by atoms with Gasteiger partial charge in [0.2, 0.25) is 0 Å². The summed E-state index contributed by atoms with van der Waals surface area (Å²) in [7, 11) is 0. The van der Waals surface area contributed by atoms with Crippen molar-refractivity contribution in [2.75, 3.05) is 18.5 Å². The van der Waals surface area contributed by atoms with Crippen molar-refractivity contribution in [3.63, 3.8) is 0 Å². The Kier molecular flexibility index (Phi) is 3.50. The van der Waals surface area contributed by atoms with E-state index in [2.05, 4.69) is 20.6 Å². The van der Waals surface area contributed by atoms with E-state index in [1.54, 1.807) is 11.6 Å². The molecule has 0 bridgehead atoms. The highest BCUT2D eigenvalue weighted by molar-refractivity contribution is 7.16. The zero-order valence-electron chi connectivity index (χ0n) is 11.8. The van der Waals surface area contributed by atoms with Gasteiger partial charge in [-0.25, -0.2) is 14.1 Å². The Bertz CT molecular complexity index is 864. The molecule has 7 nitrogen and oxygen atoms in total. The molecule has 1 saturated heterocycles. The van der Waals surface area contributed by atoms with Crippen LogP contribution in [-0.4, -0.2) is 45.3 Å². The van der Waals surface area contributed by atoms with E-state index < -0.39 is 18.1 Å². The lowest BCUT2D eigenvalue weighted by molar-refractivity contribution is 0.102. The van der Waals surface area contributed by atoms with E-state index in [9.17, 15) is 9.18 Å². The van der Waals surface area contributed by atoms with Crippen LogP contribution in [0.15, 0.2) is 29.9 Å². The molecular formula is C14H12FN5O2S. The maximum Gasteiger partial charge on any atom is 0.277 e. The van der Waals surface area contributed by atoms with Gasteiger partial charge in [-0.3, -0.25) is 4.79 Å². The van der Waals surface area contributed by atoms with Crippen LogP contribution in [-0.2, 0) is 4.74 Å². The number of carbonyl (C=O) groups excluding carboxylic acids is 1. The van der Waals surface area contributed by atoms with Gasteiger partial charge < -0.3 is 10.1 Å². The van der Waals surface area contributed by atoms with Gasteiger partial charge in [0.05, 0.1) is 35.1 Å². The smallest absolute Gasteiger partial charge is 0.277 e. The lowest BCUT2D eigenvalue weighted by Gasteiger charge is -2.09. The van der Waals surface area contributed by atoms with E-state index in [-0.39, 0.29) is 18.9 Å². The van der Waals surface area contributed by atoms with E-state index >= 15 is 0 Å². The second-order valence-corrected chi connectivity index (χ2v) is 6.08. The number of hydrogen-bond donors (Lipinski definition) is 1. The van der Waals surface area contributed by atoms with Gasteiger partial charge in [0.25, 0.3) is 5.91 Å². The number of hydrogen-bond acceptors (Lipinski definition) is 6. The molecule has 1 fully saturated rings. The number of ether oxygens (including phenoxy) is 1. The van der Waals surface area contributed by atoms with Crippen LogP contribution in [0.25, 0.3) is 10.2 Å². The molecule has 3 aromatic rings. The first-order chi connectivity index (χ1) is 11.2. The molecule has 23 heavy (non-hydrogen) atoms. The maximum atomic E-state index is 13.6. The Morgan fingerprint density at radius 2 is 2.35 bits per heavy atom. The second-order valence-electron chi connectivity index (χ2n) is 5.19. The highest BCUT2D eigenvalue weighted by Crippen LogP contribution is 2.23. The fourth-order valence-corrected chi connectivity index (χ4v) is 3.15. The molecule has 118 valence electrons. The molecule has 4 rings (SSSR count). The molecule has 0 spiro atoms. The van der Waals surface area contributed by atoms with Crippen LogP contribution in [0.1, 0.15) is 16.5 Å². The molecule has 0 saturated carbocycles. The normalized spacial score (nSPS) is 20.9. The van der Waals surface area contributed by atoms with Crippen LogP contribution in [0.4, 0.5) is 10.1 Å². The summed E-state index contributed by atoms with van der Waals surface area (Å²) < 4.78 is 21.0. The predicted molar refractivity (Wildman–Crippen MR) is 82.3 cm³/mol. The number of aromatic nitrogens is 4. The lowest BCUT2D eigenvalue weighted by Crippen LogP contribution is -2.19. The number of amides is 1. The average molecular weight is 333 g/mol. The van der Waals surface area contributed by atoms with Crippen LogP contribution in [0.2, 0.25) is 0 Å². The van der Waals surface area contributed by atoms with Crippen LogP contribution in [0.5, 0.6) is 0 Å². The van der Waals surface area contributed by atoms with Gasteiger partial charge in [0.1, 0.15) is 12.2 Å². The highest BCUT2D eigenvalue weighted by Gasteiger charge is 2.31. The van der Waals surface area contributed by atoms with Crippen LogP contribution in [0, 0.1) is 0 Å². The molecular weight excluding hydrogens is 321 g/mol. The molecule has 0 unspecified atom stereocenters. The third-order valence-corrected chi connectivity index (χ3v) is 4.45. The van der Waals surface area contributed by atoms with Crippen molar-refractivity contribution < 1.29 is 13.9 Å². The molecule has 1 aromatic carbocycles. The second kappa shape index (κ2) is 5.67. The van der Waals surface area contributed by atoms with Crippen LogP contribution in [0.3, 0.4) is 0 Å². The number of alkyl halides is 1. The molecule has 3 heterocycles. The Labute approximate surface area is 134 Å². The maximum absolute atomic E-state index is 13.6. The molecule has 2 aromatic heterocycles. The number of nitrogens with zero attached hydrogens (tertiary/aromatic N) is 4. The van der Waals surface area contributed by atoms with Crippen molar-refractivity contribution in [1.29, 1.82) is 0 Å². The fourth-order valence-electron chi connectivity index (χ4n) is 2.43. The molecule has 0 radical (unpaired) electrons. The first-order valence-corrected chi connectivity index (χ1v) is 7.87. The van der Waals surface area contributed by atoms with Crippen molar-refractivity contribution in [2.24, 2.45) is 0 Å².